The van der Waals surface area contributed by atoms with Crippen LogP contribution in [0.15, 0.2) is 35.3 Å². The van der Waals surface area contributed by atoms with E-state index in [1.54, 1.807) is 22.7 Å². The molecule has 0 aliphatic carbocycles. The van der Waals surface area contributed by atoms with Gasteiger partial charge in [0.25, 0.3) is 0 Å². The van der Waals surface area contributed by atoms with Crippen molar-refractivity contribution in [1.29, 1.82) is 0 Å². The van der Waals surface area contributed by atoms with Crippen LogP contribution in [0.2, 0.25) is 0 Å². The van der Waals surface area contributed by atoms with Crippen molar-refractivity contribution in [2.24, 2.45) is 0 Å². The average Bonchev–Trinajstić information content (AvgIpc) is 3.00. The van der Waals surface area contributed by atoms with E-state index in [0.29, 0.717) is 0 Å². The molecule has 3 heterocycles. The van der Waals surface area contributed by atoms with Crippen molar-refractivity contribution in [2.75, 3.05) is 5.32 Å². The molecule has 0 radical (unpaired) electrons. The number of hydrogen-bond donors (Lipinski definition) is 1. The predicted octanol–water partition coefficient (Wildman–Crippen LogP) is 3.93. The topological polar surface area (TPSA) is 37.8 Å². The third-order valence-electron chi connectivity index (χ3n) is 2.55. The summed E-state index contributed by atoms with van der Waals surface area (Å²) in [5.74, 6) is 0.937. The van der Waals surface area contributed by atoms with E-state index in [2.05, 4.69) is 33.7 Å². The lowest BCUT2D eigenvalue weighted by Crippen LogP contribution is -2.07. The summed E-state index contributed by atoms with van der Waals surface area (Å²) in [6.45, 7) is 2.10. The second kappa shape index (κ2) is 4.43. The minimum Gasteiger partial charge on any atom is -0.361 e. The van der Waals surface area contributed by atoms with Crippen LogP contribution in [0.1, 0.15) is 18.0 Å². The standard InChI is InChI=1S/C12H11N3S2/c1-8(12-14-5-7-17-12)15-11-9-3-6-16-10(9)2-4-13-11/h2-8H,1H3,(H,13,15). The summed E-state index contributed by atoms with van der Waals surface area (Å²) in [5.41, 5.74) is 0. The van der Waals surface area contributed by atoms with E-state index in [0.717, 1.165) is 10.8 Å². The van der Waals surface area contributed by atoms with Crippen LogP contribution in [0.4, 0.5) is 5.82 Å². The van der Waals surface area contributed by atoms with Gasteiger partial charge >= 0.3 is 0 Å². The van der Waals surface area contributed by atoms with E-state index in [9.17, 15) is 0 Å². The van der Waals surface area contributed by atoms with Crippen molar-refractivity contribution in [3.63, 3.8) is 0 Å². The van der Waals surface area contributed by atoms with Gasteiger partial charge in [0, 0.05) is 27.9 Å². The van der Waals surface area contributed by atoms with E-state index in [4.69, 9.17) is 0 Å². The Bertz CT molecular complexity index is 616. The van der Waals surface area contributed by atoms with Gasteiger partial charge in [-0.3, -0.25) is 0 Å². The molecule has 0 aliphatic heterocycles. The number of nitrogens with one attached hydrogen (secondary N) is 1. The van der Waals surface area contributed by atoms with Gasteiger partial charge < -0.3 is 5.32 Å². The predicted molar refractivity (Wildman–Crippen MR) is 73.8 cm³/mol. The van der Waals surface area contributed by atoms with Gasteiger partial charge in [0.15, 0.2) is 0 Å². The van der Waals surface area contributed by atoms with Gasteiger partial charge in [-0.15, -0.1) is 22.7 Å². The van der Waals surface area contributed by atoms with Crippen LogP contribution in [0.3, 0.4) is 0 Å². The Balaban J connectivity index is 1.92. The maximum atomic E-state index is 4.40. The highest BCUT2D eigenvalue weighted by Crippen LogP contribution is 2.28. The monoisotopic (exact) mass is 261 g/mol. The molecule has 3 nitrogen and oxygen atoms in total. The van der Waals surface area contributed by atoms with Gasteiger partial charge in [-0.05, 0) is 24.4 Å². The van der Waals surface area contributed by atoms with Crippen molar-refractivity contribution in [2.45, 2.75) is 13.0 Å². The lowest BCUT2D eigenvalue weighted by atomic mass is 10.3. The molecule has 3 rings (SSSR count). The number of thiophene rings is 1. The number of thiazole rings is 1. The highest BCUT2D eigenvalue weighted by Gasteiger charge is 2.10. The highest BCUT2D eigenvalue weighted by molar-refractivity contribution is 7.17. The molecule has 3 aromatic rings. The summed E-state index contributed by atoms with van der Waals surface area (Å²) >= 11 is 3.39. The minimum absolute atomic E-state index is 0.188. The zero-order chi connectivity index (χ0) is 11.7. The van der Waals surface area contributed by atoms with E-state index < -0.39 is 0 Å². The molecule has 17 heavy (non-hydrogen) atoms. The molecule has 5 heteroatoms. The zero-order valence-electron chi connectivity index (χ0n) is 9.25. The van der Waals surface area contributed by atoms with Gasteiger partial charge in [-0.1, -0.05) is 0 Å². The number of nitrogens with zero attached hydrogens (tertiary/aromatic N) is 2. The van der Waals surface area contributed by atoms with Gasteiger partial charge in [0.2, 0.25) is 0 Å². The minimum atomic E-state index is 0.188. The molecule has 0 saturated heterocycles. The summed E-state index contributed by atoms with van der Waals surface area (Å²) in [6.07, 6.45) is 3.67. The highest BCUT2D eigenvalue weighted by atomic mass is 32.1. The van der Waals surface area contributed by atoms with Crippen LogP contribution in [-0.4, -0.2) is 9.97 Å². The molecule has 0 fully saturated rings. The number of pyridine rings is 1. The molecular weight excluding hydrogens is 250 g/mol. The van der Waals surface area contributed by atoms with Gasteiger partial charge in [-0.2, -0.15) is 0 Å². The molecule has 1 N–H and O–H groups in total. The molecule has 0 bridgehead atoms. The fourth-order valence-electron chi connectivity index (χ4n) is 1.72. The number of fused-ring (bicyclic) bond motifs is 1. The zero-order valence-corrected chi connectivity index (χ0v) is 10.9. The molecule has 3 aromatic heterocycles. The number of hydrogen-bond acceptors (Lipinski definition) is 5. The number of anilines is 1. The lowest BCUT2D eigenvalue weighted by molar-refractivity contribution is 0.863. The van der Waals surface area contributed by atoms with Crippen LogP contribution in [-0.2, 0) is 0 Å². The van der Waals surface area contributed by atoms with Gasteiger partial charge in [0.1, 0.15) is 10.8 Å². The van der Waals surface area contributed by atoms with E-state index in [1.807, 2.05) is 23.8 Å². The van der Waals surface area contributed by atoms with Crippen LogP contribution < -0.4 is 5.32 Å². The summed E-state index contributed by atoms with van der Waals surface area (Å²) in [7, 11) is 0. The number of rotatable bonds is 3. The largest absolute Gasteiger partial charge is 0.361 e. The van der Waals surface area contributed by atoms with Crippen LogP contribution in [0.5, 0.6) is 0 Å². The second-order valence-corrected chi connectivity index (χ2v) is 5.60. The summed E-state index contributed by atoms with van der Waals surface area (Å²) < 4.78 is 1.26. The van der Waals surface area contributed by atoms with Gasteiger partial charge in [0.05, 0.1) is 6.04 Å². The average molecular weight is 261 g/mol. The van der Waals surface area contributed by atoms with Crippen molar-refractivity contribution in [3.8, 4) is 0 Å². The molecule has 1 unspecified atom stereocenters. The van der Waals surface area contributed by atoms with Crippen LogP contribution in [0, 0.1) is 0 Å². The van der Waals surface area contributed by atoms with Crippen molar-refractivity contribution in [1.82, 2.24) is 9.97 Å². The Hall–Kier alpha value is -1.46. The third-order valence-corrected chi connectivity index (χ3v) is 4.40. The maximum Gasteiger partial charge on any atom is 0.135 e. The van der Waals surface area contributed by atoms with E-state index >= 15 is 0 Å². The summed E-state index contributed by atoms with van der Waals surface area (Å²) in [4.78, 5) is 8.71. The second-order valence-electron chi connectivity index (χ2n) is 3.73. The number of aromatic nitrogens is 2. The van der Waals surface area contributed by atoms with Crippen molar-refractivity contribution >= 4 is 38.6 Å². The maximum absolute atomic E-state index is 4.40. The Morgan fingerprint density at radius 1 is 1.12 bits per heavy atom. The first-order valence-corrected chi connectivity index (χ1v) is 7.08. The van der Waals surface area contributed by atoms with Crippen LogP contribution >= 0.6 is 22.7 Å². The fourth-order valence-corrected chi connectivity index (χ4v) is 3.15. The SMILES string of the molecule is CC(Nc1nccc2sccc12)c1nccs1. The molecule has 0 aliphatic rings. The first-order chi connectivity index (χ1) is 8.34. The van der Waals surface area contributed by atoms with Crippen LogP contribution in [0.25, 0.3) is 10.1 Å². The lowest BCUT2D eigenvalue weighted by Gasteiger charge is -2.12. The first-order valence-electron chi connectivity index (χ1n) is 5.33. The third kappa shape index (κ3) is 2.03. The summed E-state index contributed by atoms with van der Waals surface area (Å²) in [6, 6.07) is 4.33. The van der Waals surface area contributed by atoms with E-state index in [1.165, 1.54) is 10.1 Å². The molecule has 0 aromatic carbocycles. The molecular formula is C12H11N3S2. The molecule has 0 saturated carbocycles. The van der Waals surface area contributed by atoms with E-state index in [-0.39, 0.29) is 6.04 Å². The Labute approximate surface area is 107 Å². The van der Waals surface area contributed by atoms with Crippen molar-refractivity contribution in [3.05, 3.63) is 40.3 Å². The quantitative estimate of drug-likeness (QED) is 0.776. The summed E-state index contributed by atoms with van der Waals surface area (Å²) in [5, 5.41) is 9.76. The molecule has 0 spiro atoms. The molecule has 0 amide bonds. The molecule has 1 atom stereocenters. The fraction of sp³-hybridized carbons (Fsp3) is 0.167. The normalized spacial score (nSPS) is 12.8. The van der Waals surface area contributed by atoms with Gasteiger partial charge in [-0.25, -0.2) is 9.97 Å². The smallest absolute Gasteiger partial charge is 0.135 e. The Kier molecular flexibility index (Phi) is 2.78. The Morgan fingerprint density at radius 2 is 2.06 bits per heavy atom. The molecule has 86 valence electrons. The van der Waals surface area contributed by atoms with Crippen molar-refractivity contribution < 1.29 is 0 Å². The Morgan fingerprint density at radius 3 is 2.88 bits per heavy atom. The first kappa shape index (κ1) is 10.7.